The molecule has 6 nitrogen and oxygen atoms in total. The maximum absolute atomic E-state index is 12.1. The van der Waals surface area contributed by atoms with Crippen molar-refractivity contribution < 1.29 is 19.0 Å². The minimum atomic E-state index is -0.156. The van der Waals surface area contributed by atoms with Crippen LogP contribution in [0.15, 0.2) is 18.2 Å². The molecule has 1 fully saturated rings. The summed E-state index contributed by atoms with van der Waals surface area (Å²) in [7, 11) is 3.20. The van der Waals surface area contributed by atoms with Crippen molar-refractivity contribution in [3.63, 3.8) is 0 Å². The van der Waals surface area contributed by atoms with Crippen molar-refractivity contribution in [3.8, 4) is 11.5 Å². The Morgan fingerprint density at radius 2 is 2.08 bits per heavy atom. The Morgan fingerprint density at radius 3 is 2.75 bits per heavy atom. The van der Waals surface area contributed by atoms with Crippen molar-refractivity contribution in [2.45, 2.75) is 38.8 Å². The molecule has 3 unspecified atom stereocenters. The summed E-state index contributed by atoms with van der Waals surface area (Å²) in [5.41, 5.74) is 0.961. The van der Waals surface area contributed by atoms with E-state index in [9.17, 15) is 4.79 Å². The Hall–Kier alpha value is -1.95. The molecule has 1 aliphatic rings. The Bertz CT molecular complexity index is 550. The third-order valence-corrected chi connectivity index (χ3v) is 4.40. The van der Waals surface area contributed by atoms with Crippen LogP contribution in [0.25, 0.3) is 0 Å². The van der Waals surface area contributed by atoms with Crippen LogP contribution >= 0.6 is 0 Å². The molecular formula is C18H28N2O4. The van der Waals surface area contributed by atoms with Gasteiger partial charge in [-0.2, -0.15) is 0 Å². The normalized spacial score (nSPS) is 21.7. The number of methoxy groups -OCH3 is 2. The van der Waals surface area contributed by atoms with Crippen molar-refractivity contribution in [3.05, 3.63) is 23.8 Å². The number of hydrogen-bond acceptors (Lipinski definition) is 4. The van der Waals surface area contributed by atoms with Crippen molar-refractivity contribution in [2.24, 2.45) is 5.92 Å². The smallest absolute Gasteiger partial charge is 0.315 e. The van der Waals surface area contributed by atoms with Crippen LogP contribution in [0.5, 0.6) is 11.5 Å². The second kappa shape index (κ2) is 8.78. The number of benzene rings is 1. The topological polar surface area (TPSA) is 68.8 Å². The van der Waals surface area contributed by atoms with Crippen molar-refractivity contribution in [1.82, 2.24) is 10.6 Å². The molecule has 1 saturated heterocycles. The van der Waals surface area contributed by atoms with Gasteiger partial charge in [0.1, 0.15) is 0 Å². The molecule has 2 N–H and O–H groups in total. The van der Waals surface area contributed by atoms with Gasteiger partial charge in [-0.25, -0.2) is 4.79 Å². The van der Waals surface area contributed by atoms with Gasteiger partial charge >= 0.3 is 6.03 Å². The van der Waals surface area contributed by atoms with Crippen LogP contribution in [0.3, 0.4) is 0 Å². The molecule has 0 saturated carbocycles. The lowest BCUT2D eigenvalue weighted by molar-refractivity contribution is 0.00345. The van der Waals surface area contributed by atoms with E-state index in [-0.39, 0.29) is 18.2 Å². The number of carbonyl (C=O) groups excluding carboxylic acids is 1. The van der Waals surface area contributed by atoms with E-state index < -0.39 is 0 Å². The number of rotatable bonds is 6. The summed E-state index contributed by atoms with van der Waals surface area (Å²) in [6.07, 6.45) is 2.26. The number of ether oxygens (including phenoxy) is 3. The first-order valence-electron chi connectivity index (χ1n) is 8.41. The summed E-state index contributed by atoms with van der Waals surface area (Å²) in [5, 5.41) is 5.92. The van der Waals surface area contributed by atoms with E-state index in [1.54, 1.807) is 14.2 Å². The lowest BCUT2D eigenvalue weighted by Crippen LogP contribution is -2.41. The fourth-order valence-electron chi connectivity index (χ4n) is 2.97. The summed E-state index contributed by atoms with van der Waals surface area (Å²) >= 11 is 0. The first kappa shape index (κ1) is 18.4. The van der Waals surface area contributed by atoms with E-state index >= 15 is 0 Å². The summed E-state index contributed by atoms with van der Waals surface area (Å²) in [4.78, 5) is 12.1. The van der Waals surface area contributed by atoms with E-state index in [4.69, 9.17) is 14.2 Å². The van der Waals surface area contributed by atoms with E-state index in [2.05, 4.69) is 17.6 Å². The monoisotopic (exact) mass is 336 g/mol. The molecule has 1 aromatic rings. The van der Waals surface area contributed by atoms with Gasteiger partial charge in [-0.3, -0.25) is 0 Å². The molecule has 0 bridgehead atoms. The van der Waals surface area contributed by atoms with Crippen LogP contribution in [0, 0.1) is 5.92 Å². The molecule has 3 atom stereocenters. The van der Waals surface area contributed by atoms with Gasteiger partial charge in [-0.15, -0.1) is 0 Å². The van der Waals surface area contributed by atoms with Crippen LogP contribution in [0.2, 0.25) is 0 Å². The average molecular weight is 336 g/mol. The minimum absolute atomic E-state index is 0.126. The van der Waals surface area contributed by atoms with Gasteiger partial charge in [0.05, 0.1) is 26.4 Å². The lowest BCUT2D eigenvalue weighted by atomic mass is 9.96. The quantitative estimate of drug-likeness (QED) is 0.838. The fraction of sp³-hybridized carbons (Fsp3) is 0.611. The third kappa shape index (κ3) is 5.03. The summed E-state index contributed by atoms with van der Waals surface area (Å²) in [5.74, 6) is 1.81. The number of carbonyl (C=O) groups is 1. The standard InChI is InChI=1S/C18H28N2O4/c1-12-9-14(7-8-24-12)11-19-18(21)20-13(2)15-5-6-16(22-3)17(10-15)23-4/h5-6,10,12-14H,7-9,11H2,1-4H3,(H2,19,20,21). The molecule has 0 radical (unpaired) electrons. The number of urea groups is 1. The molecule has 0 spiro atoms. The molecule has 0 aromatic heterocycles. The lowest BCUT2D eigenvalue weighted by Gasteiger charge is -2.27. The highest BCUT2D eigenvalue weighted by atomic mass is 16.5. The summed E-state index contributed by atoms with van der Waals surface area (Å²) in [6.45, 7) is 5.47. The van der Waals surface area contributed by atoms with Crippen LogP contribution < -0.4 is 20.1 Å². The van der Waals surface area contributed by atoms with E-state index in [1.807, 2.05) is 25.1 Å². The second-order valence-electron chi connectivity index (χ2n) is 6.26. The van der Waals surface area contributed by atoms with E-state index in [0.29, 0.717) is 24.0 Å². The van der Waals surface area contributed by atoms with Gasteiger partial charge in [0.15, 0.2) is 11.5 Å². The number of hydrogen-bond donors (Lipinski definition) is 2. The Kier molecular flexibility index (Phi) is 6.73. The molecule has 0 aliphatic carbocycles. The van der Waals surface area contributed by atoms with Crippen LogP contribution in [0.4, 0.5) is 4.79 Å². The van der Waals surface area contributed by atoms with Crippen molar-refractivity contribution >= 4 is 6.03 Å². The Morgan fingerprint density at radius 1 is 1.33 bits per heavy atom. The molecule has 24 heavy (non-hydrogen) atoms. The largest absolute Gasteiger partial charge is 0.493 e. The van der Waals surface area contributed by atoms with Crippen molar-refractivity contribution in [2.75, 3.05) is 27.4 Å². The van der Waals surface area contributed by atoms with Crippen LogP contribution in [-0.2, 0) is 4.74 Å². The first-order chi connectivity index (χ1) is 11.5. The minimum Gasteiger partial charge on any atom is -0.493 e. The third-order valence-electron chi connectivity index (χ3n) is 4.40. The number of nitrogens with one attached hydrogen (secondary N) is 2. The van der Waals surface area contributed by atoms with Gasteiger partial charge in [-0.05, 0) is 50.3 Å². The maximum Gasteiger partial charge on any atom is 0.315 e. The zero-order valence-corrected chi connectivity index (χ0v) is 14.9. The van der Waals surface area contributed by atoms with Gasteiger partial charge in [0.25, 0.3) is 0 Å². The highest BCUT2D eigenvalue weighted by Crippen LogP contribution is 2.29. The Labute approximate surface area is 143 Å². The molecular weight excluding hydrogens is 308 g/mol. The highest BCUT2D eigenvalue weighted by molar-refractivity contribution is 5.74. The summed E-state index contributed by atoms with van der Waals surface area (Å²) < 4.78 is 16.1. The highest BCUT2D eigenvalue weighted by Gasteiger charge is 2.20. The predicted molar refractivity (Wildman–Crippen MR) is 92.6 cm³/mol. The second-order valence-corrected chi connectivity index (χ2v) is 6.26. The maximum atomic E-state index is 12.1. The van der Waals surface area contributed by atoms with E-state index in [1.165, 1.54) is 0 Å². The zero-order chi connectivity index (χ0) is 17.5. The van der Waals surface area contributed by atoms with Gasteiger partial charge < -0.3 is 24.8 Å². The molecule has 1 aliphatic heterocycles. The molecule has 1 aromatic carbocycles. The van der Waals surface area contributed by atoms with Gasteiger partial charge in [0, 0.05) is 13.2 Å². The van der Waals surface area contributed by atoms with Crippen LogP contribution in [0.1, 0.15) is 38.3 Å². The zero-order valence-electron chi connectivity index (χ0n) is 14.9. The van der Waals surface area contributed by atoms with Crippen LogP contribution in [-0.4, -0.2) is 39.5 Å². The fourth-order valence-corrected chi connectivity index (χ4v) is 2.97. The first-order valence-corrected chi connectivity index (χ1v) is 8.41. The molecule has 1 heterocycles. The van der Waals surface area contributed by atoms with Gasteiger partial charge in [0.2, 0.25) is 0 Å². The average Bonchev–Trinajstić information content (AvgIpc) is 2.59. The van der Waals surface area contributed by atoms with Crippen molar-refractivity contribution in [1.29, 1.82) is 0 Å². The van der Waals surface area contributed by atoms with Gasteiger partial charge in [-0.1, -0.05) is 6.07 Å². The number of amides is 2. The Balaban J connectivity index is 1.84. The molecule has 2 amide bonds. The van der Waals surface area contributed by atoms with E-state index in [0.717, 1.165) is 25.0 Å². The molecule has 6 heteroatoms. The SMILES string of the molecule is COc1ccc(C(C)NC(=O)NCC2CCOC(C)C2)cc1OC. The predicted octanol–water partition coefficient (Wildman–Crippen LogP) is 2.88. The molecule has 2 rings (SSSR count). The summed E-state index contributed by atoms with van der Waals surface area (Å²) in [6, 6.07) is 5.36. The molecule has 134 valence electrons.